The summed E-state index contributed by atoms with van der Waals surface area (Å²) in [5.74, 6) is 0. The molecule has 0 N–H and O–H groups in total. The summed E-state index contributed by atoms with van der Waals surface area (Å²) in [5, 5.41) is 2.53. The highest BCUT2D eigenvalue weighted by Gasteiger charge is 2.39. The maximum absolute atomic E-state index is 10.7. The number of rotatable bonds is 2. The Morgan fingerprint density at radius 3 is 1.61 bits per heavy atom. The van der Waals surface area contributed by atoms with E-state index in [1.54, 1.807) is 0 Å². The van der Waals surface area contributed by atoms with Crippen LogP contribution in [0.3, 0.4) is 0 Å². The van der Waals surface area contributed by atoms with Crippen molar-refractivity contribution in [2.24, 2.45) is 0 Å². The average molecular weight is 935 g/mol. The maximum atomic E-state index is 10.7. The standard InChI is InChI=1S/C40H36N4S2.2CHF3O3S/c1-25-26(2)30-18-21-44-28(24-38-42(4)32-12-6-8-15-36(32)46-38)10-9-13-33(44)39(30)40-29(25)17-20-43-19-16-27(22-34(40)43)23-37-41(3)31-11-5-7-14-35(31)45-37;2*2-1(3,4)8(5,6)7/h5-16,19,22-24H,17-18,20-21H2,1-4H3;2*(H,5,6,7)/q+2;;/p-2. The molecule has 6 heterocycles. The number of hydrogen-bond acceptors (Lipinski definition) is 10. The molecule has 2 aromatic heterocycles. The number of aromatic nitrogens is 2. The summed E-state index contributed by atoms with van der Waals surface area (Å²) in [6, 6.07) is 29.0. The number of halogens is 6. The number of thioether (sulfide) groups is 2. The van der Waals surface area contributed by atoms with Crippen LogP contribution in [0.15, 0.2) is 105 Å². The molecule has 0 saturated heterocycles. The van der Waals surface area contributed by atoms with Crippen LogP contribution in [-0.2, 0) is 46.2 Å². The van der Waals surface area contributed by atoms with E-state index in [-0.39, 0.29) is 0 Å². The van der Waals surface area contributed by atoms with Crippen molar-refractivity contribution < 1.29 is 61.4 Å². The minimum atomic E-state index is -6.09. The summed E-state index contributed by atoms with van der Waals surface area (Å²) in [4.78, 5) is 7.28. The molecule has 10 nitrogen and oxygen atoms in total. The second-order valence-corrected chi connectivity index (χ2v) is 19.4. The first-order valence-corrected chi connectivity index (χ1v) is 23.1. The number of anilines is 2. The third kappa shape index (κ3) is 8.72. The molecule has 3 aromatic carbocycles. The first-order valence-electron chi connectivity index (χ1n) is 18.7. The van der Waals surface area contributed by atoms with Crippen LogP contribution in [0, 0.1) is 13.8 Å². The van der Waals surface area contributed by atoms with Gasteiger partial charge in [-0.3, -0.25) is 0 Å². The fourth-order valence-electron chi connectivity index (χ4n) is 7.73. The van der Waals surface area contributed by atoms with Gasteiger partial charge in [0.2, 0.25) is 17.1 Å². The molecule has 0 atom stereocenters. The van der Waals surface area contributed by atoms with Crippen molar-refractivity contribution >= 4 is 67.3 Å². The molecule has 20 heteroatoms. The van der Waals surface area contributed by atoms with Gasteiger partial charge in [-0.2, -0.15) is 35.5 Å². The van der Waals surface area contributed by atoms with Crippen LogP contribution in [0.1, 0.15) is 33.5 Å². The summed E-state index contributed by atoms with van der Waals surface area (Å²) in [6.07, 6.45) is 9.15. The highest BCUT2D eigenvalue weighted by molar-refractivity contribution is 8.04. The molecule has 4 aliphatic rings. The lowest BCUT2D eigenvalue weighted by Crippen LogP contribution is -2.45. The second-order valence-electron chi connectivity index (χ2n) is 14.5. The molecule has 0 saturated carbocycles. The molecular weight excluding hydrogens is 899 g/mol. The van der Waals surface area contributed by atoms with E-state index >= 15 is 0 Å². The van der Waals surface area contributed by atoms with Gasteiger partial charge in [-0.15, -0.1) is 0 Å². The summed E-state index contributed by atoms with van der Waals surface area (Å²) in [6.45, 7) is 6.70. The van der Waals surface area contributed by atoms with Gasteiger partial charge in [0, 0.05) is 67.1 Å². The first-order chi connectivity index (χ1) is 29.0. The molecule has 5 aromatic rings. The second kappa shape index (κ2) is 16.7. The molecule has 4 aliphatic heterocycles. The van der Waals surface area contributed by atoms with Gasteiger partial charge >= 0.3 is 11.0 Å². The predicted molar refractivity (Wildman–Crippen MR) is 223 cm³/mol. The molecule has 0 amide bonds. The topological polar surface area (TPSA) is 129 Å². The molecule has 0 radical (unpaired) electrons. The Bertz CT molecular complexity index is 2850. The van der Waals surface area contributed by atoms with Crippen LogP contribution < -0.4 is 18.9 Å². The van der Waals surface area contributed by atoms with Gasteiger partial charge in [0.05, 0.1) is 32.6 Å². The molecular formula is C42H36F6N4O6S4. The number of para-hydroxylation sites is 2. The Labute approximate surface area is 362 Å². The Balaban J connectivity index is 0.000000309. The Hall–Kier alpha value is -4.86. The van der Waals surface area contributed by atoms with Crippen LogP contribution in [0.25, 0.3) is 34.7 Å². The Morgan fingerprint density at radius 2 is 1.11 bits per heavy atom. The number of hydrogen-bond donors (Lipinski definition) is 0. The van der Waals surface area contributed by atoms with Crippen molar-refractivity contribution in [2.75, 3.05) is 23.9 Å². The first kappa shape index (κ1) is 45.2. The van der Waals surface area contributed by atoms with Crippen LogP contribution in [0.2, 0.25) is 0 Å². The van der Waals surface area contributed by atoms with Crippen molar-refractivity contribution in [1.29, 1.82) is 0 Å². The monoisotopic (exact) mass is 934 g/mol. The number of pyridine rings is 2. The highest BCUT2D eigenvalue weighted by atomic mass is 32.2. The summed E-state index contributed by atoms with van der Waals surface area (Å²) < 4.78 is 123. The summed E-state index contributed by atoms with van der Waals surface area (Å²) in [7, 11) is -7.82. The van der Waals surface area contributed by atoms with Gasteiger partial charge in [0.25, 0.3) is 0 Å². The van der Waals surface area contributed by atoms with Gasteiger partial charge < -0.3 is 18.9 Å². The number of fused-ring (bicyclic) bond motifs is 9. The van der Waals surface area contributed by atoms with E-state index in [0.717, 1.165) is 25.9 Å². The van der Waals surface area contributed by atoms with Crippen molar-refractivity contribution in [1.82, 2.24) is 0 Å². The van der Waals surface area contributed by atoms with E-state index in [1.165, 1.54) is 87.2 Å². The van der Waals surface area contributed by atoms with Crippen molar-refractivity contribution in [3.63, 3.8) is 0 Å². The summed E-state index contributed by atoms with van der Waals surface area (Å²) >= 11 is 3.72. The molecule has 0 unspecified atom stereocenters. The number of alkyl halides is 6. The van der Waals surface area contributed by atoms with E-state index in [4.69, 9.17) is 25.9 Å². The zero-order chi connectivity index (χ0) is 45.1. The van der Waals surface area contributed by atoms with E-state index in [9.17, 15) is 26.3 Å². The Morgan fingerprint density at radius 1 is 0.645 bits per heavy atom. The lowest BCUT2D eigenvalue weighted by Gasteiger charge is -2.27. The molecule has 326 valence electrons. The van der Waals surface area contributed by atoms with Gasteiger partial charge in [-0.05, 0) is 78.1 Å². The van der Waals surface area contributed by atoms with Crippen molar-refractivity contribution in [3.8, 4) is 22.5 Å². The number of nitrogens with zero attached hydrogens (tertiary/aromatic N) is 4. The van der Waals surface area contributed by atoms with Crippen LogP contribution >= 0.6 is 23.5 Å². The minimum absolute atomic E-state index is 0.985. The van der Waals surface area contributed by atoms with Gasteiger partial charge in [0.1, 0.15) is 0 Å². The van der Waals surface area contributed by atoms with Crippen molar-refractivity contribution in [3.05, 3.63) is 129 Å². The molecule has 9 rings (SSSR count). The quantitative estimate of drug-likeness (QED) is 0.0736. The number of aryl methyl sites for hydroxylation is 1. The molecule has 0 fully saturated rings. The lowest BCUT2D eigenvalue weighted by atomic mass is 9.79. The maximum Gasteiger partial charge on any atom is 0.485 e. The van der Waals surface area contributed by atoms with Gasteiger partial charge in [-0.1, -0.05) is 47.8 Å². The van der Waals surface area contributed by atoms with Crippen LogP contribution in [0.5, 0.6) is 0 Å². The van der Waals surface area contributed by atoms with Crippen LogP contribution in [-0.4, -0.2) is 51.1 Å². The highest BCUT2D eigenvalue weighted by Crippen LogP contribution is 2.48. The zero-order valence-electron chi connectivity index (χ0n) is 33.2. The normalized spacial score (nSPS) is 16.6. The zero-order valence-corrected chi connectivity index (χ0v) is 36.5. The van der Waals surface area contributed by atoms with E-state index in [1.807, 2.05) is 23.5 Å². The smallest absolute Gasteiger partial charge is 0.485 e. The van der Waals surface area contributed by atoms with E-state index < -0.39 is 31.3 Å². The molecule has 0 bridgehead atoms. The average Bonchev–Trinajstić information content (AvgIpc) is 3.69. The SMILES string of the molecule is Cc1c(C)c2c(c3c1CC[n+]1ccc(/C=C4\Sc5ccccc5N4C)cc1-3)-c1cccc(/C=C3\Sc4ccccc4N3C)[n+]1CC2.O=S(=O)([O-])C(F)(F)F.O=S(=O)([O-])C(F)(F)F. The van der Waals surface area contributed by atoms with Crippen LogP contribution in [0.4, 0.5) is 37.7 Å². The van der Waals surface area contributed by atoms with Gasteiger partial charge in [-0.25, -0.2) is 16.8 Å². The summed E-state index contributed by atoms with van der Waals surface area (Å²) in [5.41, 5.74) is 5.27. The Kier molecular flexibility index (Phi) is 12.2. The molecule has 62 heavy (non-hydrogen) atoms. The van der Waals surface area contributed by atoms with Gasteiger partial charge in [0.15, 0.2) is 39.5 Å². The minimum Gasteiger partial charge on any atom is -0.741 e. The van der Waals surface area contributed by atoms with E-state index in [2.05, 4.69) is 144 Å². The lowest BCUT2D eigenvalue weighted by molar-refractivity contribution is -0.690. The molecule has 0 aliphatic carbocycles. The van der Waals surface area contributed by atoms with E-state index in [0.29, 0.717) is 0 Å². The molecule has 0 spiro atoms. The fraction of sp³-hybridized carbons (Fsp3) is 0.238. The third-order valence-electron chi connectivity index (χ3n) is 10.9. The fourth-order valence-corrected chi connectivity index (χ4v) is 9.94. The van der Waals surface area contributed by atoms with Crippen molar-refractivity contribution in [2.45, 2.75) is 60.6 Å². The predicted octanol–water partition coefficient (Wildman–Crippen LogP) is 8.51. The number of benzene rings is 3. The largest absolute Gasteiger partial charge is 0.741 e. The third-order valence-corrected chi connectivity index (χ3v) is 14.3.